The van der Waals surface area contributed by atoms with Gasteiger partial charge in [-0.25, -0.2) is 4.98 Å². The van der Waals surface area contributed by atoms with Crippen LogP contribution in [0.3, 0.4) is 0 Å². The summed E-state index contributed by atoms with van der Waals surface area (Å²) in [6.07, 6.45) is 5.36. The second-order valence-electron chi connectivity index (χ2n) is 4.73. The smallest absolute Gasteiger partial charge is 0.387 e. The number of likely N-dealkylation sites (tertiary alicyclic amines) is 1. The van der Waals surface area contributed by atoms with Gasteiger partial charge in [0.15, 0.2) is 0 Å². The van der Waals surface area contributed by atoms with Crippen molar-refractivity contribution in [2.45, 2.75) is 13.0 Å². The van der Waals surface area contributed by atoms with E-state index in [1.54, 1.807) is 0 Å². The SMILES string of the molecule is N/C=C(\C=NCCN1CCC1)c1cnc(Cl)cc1OC(F)F. The third kappa shape index (κ3) is 4.64. The number of alkyl halides is 2. The van der Waals surface area contributed by atoms with Gasteiger partial charge in [0.1, 0.15) is 10.9 Å². The number of nitrogens with two attached hydrogens (primary N) is 1. The molecule has 1 aliphatic heterocycles. The average molecular weight is 331 g/mol. The first-order chi connectivity index (χ1) is 10.6. The molecule has 0 aliphatic carbocycles. The Labute approximate surface area is 132 Å². The van der Waals surface area contributed by atoms with E-state index in [1.165, 1.54) is 31.1 Å². The van der Waals surface area contributed by atoms with Gasteiger partial charge >= 0.3 is 6.61 Å². The predicted octanol–water partition coefficient (Wildman–Crippen LogP) is 2.41. The van der Waals surface area contributed by atoms with Gasteiger partial charge in [0.2, 0.25) is 0 Å². The van der Waals surface area contributed by atoms with Gasteiger partial charge in [0.25, 0.3) is 0 Å². The van der Waals surface area contributed by atoms with E-state index in [0.717, 1.165) is 19.6 Å². The summed E-state index contributed by atoms with van der Waals surface area (Å²) in [4.78, 5) is 10.4. The van der Waals surface area contributed by atoms with Crippen LogP contribution >= 0.6 is 11.6 Å². The molecule has 0 aromatic carbocycles. The summed E-state index contributed by atoms with van der Waals surface area (Å²) in [7, 11) is 0. The van der Waals surface area contributed by atoms with Crippen molar-refractivity contribution in [3.05, 3.63) is 29.2 Å². The molecule has 22 heavy (non-hydrogen) atoms. The summed E-state index contributed by atoms with van der Waals surface area (Å²) in [6.45, 7) is 0.724. The van der Waals surface area contributed by atoms with Gasteiger partial charge in [0.05, 0.1) is 6.54 Å². The molecule has 8 heteroatoms. The topological polar surface area (TPSA) is 63.7 Å². The van der Waals surface area contributed by atoms with Gasteiger partial charge in [-0.05, 0) is 19.5 Å². The Morgan fingerprint density at radius 1 is 1.55 bits per heavy atom. The van der Waals surface area contributed by atoms with Crippen LogP contribution in [0, 0.1) is 0 Å². The van der Waals surface area contributed by atoms with Crippen molar-refractivity contribution in [3.63, 3.8) is 0 Å². The Balaban J connectivity index is 2.07. The van der Waals surface area contributed by atoms with Gasteiger partial charge in [-0.3, -0.25) is 4.99 Å². The number of aliphatic imine (C=N–C) groups is 1. The van der Waals surface area contributed by atoms with Crippen LogP contribution in [0.25, 0.3) is 5.57 Å². The van der Waals surface area contributed by atoms with Crippen molar-refractivity contribution in [1.82, 2.24) is 9.88 Å². The lowest BCUT2D eigenvalue weighted by molar-refractivity contribution is -0.0500. The molecule has 1 aliphatic rings. The maximum Gasteiger partial charge on any atom is 0.387 e. The second kappa shape index (κ2) is 8.05. The second-order valence-corrected chi connectivity index (χ2v) is 5.12. The number of allylic oxidation sites excluding steroid dienone is 1. The fraction of sp³-hybridized carbons (Fsp3) is 0.429. The van der Waals surface area contributed by atoms with Crippen LogP contribution in [0.5, 0.6) is 5.75 Å². The van der Waals surface area contributed by atoms with Crippen LogP contribution < -0.4 is 10.5 Å². The van der Waals surface area contributed by atoms with Crippen molar-refractivity contribution >= 4 is 23.4 Å². The molecule has 0 bridgehead atoms. The lowest BCUT2D eigenvalue weighted by atomic mass is 10.1. The minimum Gasteiger partial charge on any atom is -0.434 e. The number of pyridine rings is 1. The van der Waals surface area contributed by atoms with Crippen molar-refractivity contribution in [3.8, 4) is 5.75 Å². The summed E-state index contributed by atoms with van der Waals surface area (Å²) >= 11 is 5.71. The molecule has 0 atom stereocenters. The lowest BCUT2D eigenvalue weighted by Gasteiger charge is -2.29. The molecule has 2 rings (SSSR count). The Hall–Kier alpha value is -1.73. The maximum absolute atomic E-state index is 12.5. The summed E-state index contributed by atoms with van der Waals surface area (Å²) in [5, 5.41) is 0.0606. The van der Waals surface area contributed by atoms with Gasteiger partial charge in [-0.15, -0.1) is 0 Å². The summed E-state index contributed by atoms with van der Waals surface area (Å²) in [6, 6.07) is 1.22. The Kier molecular flexibility index (Phi) is 6.09. The predicted molar refractivity (Wildman–Crippen MR) is 82.5 cm³/mol. The molecular weight excluding hydrogens is 314 g/mol. The molecule has 0 radical (unpaired) electrons. The van der Waals surface area contributed by atoms with Crippen molar-refractivity contribution < 1.29 is 13.5 Å². The number of hydrogen-bond donors (Lipinski definition) is 1. The molecule has 2 N–H and O–H groups in total. The maximum atomic E-state index is 12.5. The molecule has 1 aromatic heterocycles. The number of ether oxygens (including phenoxy) is 1. The zero-order chi connectivity index (χ0) is 15.9. The minimum absolute atomic E-state index is 0.0606. The average Bonchev–Trinajstić information content (AvgIpc) is 2.41. The standard InChI is InChI=1S/C14H17ClF2N4O/c15-13-6-12(22-14(16)17)11(9-20-13)10(7-18)8-19-2-5-21-3-1-4-21/h6-9,14H,1-5,18H2/b10-7+,19-8?. The third-order valence-electron chi connectivity index (χ3n) is 3.26. The van der Waals surface area contributed by atoms with Crippen molar-refractivity contribution in [1.29, 1.82) is 0 Å². The highest BCUT2D eigenvalue weighted by Crippen LogP contribution is 2.28. The summed E-state index contributed by atoms with van der Waals surface area (Å²) < 4.78 is 29.4. The first-order valence-electron chi connectivity index (χ1n) is 6.85. The Bertz CT molecular complexity index is 562. The molecule has 1 fully saturated rings. The molecule has 5 nitrogen and oxygen atoms in total. The number of rotatable bonds is 7. The zero-order valence-corrected chi connectivity index (χ0v) is 12.6. The molecular formula is C14H17ClF2N4O. The van der Waals surface area contributed by atoms with Crippen LogP contribution in [0.15, 0.2) is 23.5 Å². The summed E-state index contributed by atoms with van der Waals surface area (Å²) in [5.41, 5.74) is 6.32. The normalized spacial score (nSPS) is 16.3. The summed E-state index contributed by atoms with van der Waals surface area (Å²) in [5.74, 6) is -0.0825. The van der Waals surface area contributed by atoms with Crippen molar-refractivity contribution in [2.75, 3.05) is 26.2 Å². The lowest BCUT2D eigenvalue weighted by Crippen LogP contribution is -2.38. The Morgan fingerprint density at radius 2 is 2.32 bits per heavy atom. The van der Waals surface area contributed by atoms with Crippen LogP contribution in [-0.4, -0.2) is 48.9 Å². The monoisotopic (exact) mass is 330 g/mol. The van der Waals surface area contributed by atoms with E-state index >= 15 is 0 Å². The first-order valence-corrected chi connectivity index (χ1v) is 7.22. The number of hydrogen-bond acceptors (Lipinski definition) is 5. The van der Waals surface area contributed by atoms with Gasteiger partial charge < -0.3 is 15.4 Å². The van der Waals surface area contributed by atoms with Gasteiger partial charge in [-0.1, -0.05) is 11.6 Å². The van der Waals surface area contributed by atoms with Gasteiger partial charge in [-0.2, -0.15) is 8.78 Å². The van der Waals surface area contributed by atoms with Crippen LogP contribution in [-0.2, 0) is 0 Å². The van der Waals surface area contributed by atoms with Crippen LogP contribution in [0.1, 0.15) is 12.0 Å². The zero-order valence-electron chi connectivity index (χ0n) is 11.9. The number of halogens is 3. The highest BCUT2D eigenvalue weighted by Gasteiger charge is 2.14. The van der Waals surface area contributed by atoms with Crippen LogP contribution in [0.2, 0.25) is 5.15 Å². The third-order valence-corrected chi connectivity index (χ3v) is 3.47. The first kappa shape index (κ1) is 16.6. The largest absolute Gasteiger partial charge is 0.434 e. The molecule has 2 heterocycles. The highest BCUT2D eigenvalue weighted by molar-refractivity contribution is 6.29. The minimum atomic E-state index is -2.96. The molecule has 1 saturated heterocycles. The Morgan fingerprint density at radius 3 is 2.91 bits per heavy atom. The number of aromatic nitrogens is 1. The molecule has 1 aromatic rings. The van der Waals surface area contributed by atoms with Crippen molar-refractivity contribution in [2.24, 2.45) is 10.7 Å². The molecule has 120 valence electrons. The fourth-order valence-electron chi connectivity index (χ4n) is 1.99. The highest BCUT2D eigenvalue weighted by atomic mass is 35.5. The van der Waals surface area contributed by atoms with E-state index in [1.807, 2.05) is 0 Å². The van der Waals surface area contributed by atoms with E-state index in [2.05, 4.69) is 19.6 Å². The molecule has 0 amide bonds. The number of nitrogens with zero attached hydrogens (tertiary/aromatic N) is 3. The van der Waals surface area contributed by atoms with E-state index in [-0.39, 0.29) is 10.9 Å². The van der Waals surface area contributed by atoms with Crippen LogP contribution in [0.4, 0.5) is 8.78 Å². The molecule has 0 saturated carbocycles. The molecule has 0 unspecified atom stereocenters. The van der Waals surface area contributed by atoms with E-state index in [9.17, 15) is 8.78 Å². The molecule has 0 spiro atoms. The fourth-order valence-corrected chi connectivity index (χ4v) is 2.14. The quantitative estimate of drug-likeness (QED) is 0.616. The van der Waals surface area contributed by atoms with Gasteiger partial charge in [0, 0.05) is 42.4 Å². The van der Waals surface area contributed by atoms with E-state index in [4.69, 9.17) is 17.3 Å². The van der Waals surface area contributed by atoms with E-state index < -0.39 is 6.61 Å². The van der Waals surface area contributed by atoms with E-state index in [0.29, 0.717) is 17.7 Å².